The third kappa shape index (κ3) is 2.92. The van der Waals surface area contributed by atoms with Crippen molar-refractivity contribution in [1.82, 2.24) is 0 Å². The van der Waals surface area contributed by atoms with Crippen LogP contribution in [-0.4, -0.2) is 29.0 Å². The van der Waals surface area contributed by atoms with E-state index in [-0.39, 0.29) is 5.84 Å². The monoisotopic (exact) mass is 252 g/mol. The molecule has 1 saturated heterocycles. The van der Waals surface area contributed by atoms with Gasteiger partial charge < -0.3 is 15.7 Å². The molecule has 17 heavy (non-hydrogen) atoms. The Bertz CT molecular complexity index is 405. The molecule has 92 valence electrons. The van der Waals surface area contributed by atoms with Crippen molar-refractivity contribution < 1.29 is 9.94 Å². The molecule has 0 radical (unpaired) electrons. The second-order valence-electron chi connectivity index (χ2n) is 4.03. The fraction of sp³-hybridized carbons (Fsp3) is 0.417. The molecule has 0 spiro atoms. The molecule has 0 aromatic heterocycles. The Labute approximate surface area is 105 Å². The van der Waals surface area contributed by atoms with E-state index in [1.165, 1.54) is 4.90 Å². The van der Waals surface area contributed by atoms with Gasteiger partial charge in [0.2, 0.25) is 0 Å². The van der Waals surface area contributed by atoms with Gasteiger partial charge in [0.15, 0.2) is 5.84 Å². The lowest BCUT2D eigenvalue weighted by Crippen LogP contribution is -2.14. The van der Waals surface area contributed by atoms with Crippen LogP contribution in [0, 0.1) is 0 Å². The Balaban J connectivity index is 2.03. The van der Waals surface area contributed by atoms with E-state index < -0.39 is 0 Å². The van der Waals surface area contributed by atoms with Gasteiger partial charge in [-0.3, -0.25) is 0 Å². The fourth-order valence-corrected chi connectivity index (χ4v) is 2.93. The van der Waals surface area contributed by atoms with Crippen molar-refractivity contribution in [3.05, 3.63) is 29.8 Å². The molecule has 3 N–H and O–H groups in total. The van der Waals surface area contributed by atoms with Gasteiger partial charge in [-0.2, -0.15) is 0 Å². The first-order chi connectivity index (χ1) is 8.20. The van der Waals surface area contributed by atoms with E-state index >= 15 is 0 Å². The number of thioether (sulfide) groups is 1. The molecule has 1 aromatic carbocycles. The van der Waals surface area contributed by atoms with E-state index in [1.54, 1.807) is 0 Å². The van der Waals surface area contributed by atoms with Gasteiger partial charge in [-0.1, -0.05) is 17.3 Å². The van der Waals surface area contributed by atoms with Gasteiger partial charge in [-0.25, -0.2) is 0 Å². The molecule has 1 heterocycles. The average molecular weight is 252 g/mol. The van der Waals surface area contributed by atoms with E-state index in [2.05, 4.69) is 12.1 Å². The maximum Gasteiger partial charge on any atom is 0.170 e. The lowest BCUT2D eigenvalue weighted by Gasteiger charge is -2.13. The van der Waals surface area contributed by atoms with Crippen LogP contribution >= 0.6 is 11.8 Å². The molecule has 2 unspecified atom stereocenters. The van der Waals surface area contributed by atoms with Crippen molar-refractivity contribution in [2.75, 3.05) is 6.61 Å². The zero-order valence-corrected chi connectivity index (χ0v) is 10.5. The van der Waals surface area contributed by atoms with Gasteiger partial charge in [-0.15, -0.1) is 11.8 Å². The van der Waals surface area contributed by atoms with Crippen molar-refractivity contribution in [2.24, 2.45) is 10.9 Å². The molecule has 2 rings (SSSR count). The van der Waals surface area contributed by atoms with Crippen LogP contribution in [0.4, 0.5) is 0 Å². The van der Waals surface area contributed by atoms with Crippen LogP contribution in [0.2, 0.25) is 0 Å². The fourth-order valence-electron chi connectivity index (χ4n) is 1.80. The van der Waals surface area contributed by atoms with Crippen LogP contribution in [0.5, 0.6) is 0 Å². The van der Waals surface area contributed by atoms with Gasteiger partial charge in [-0.05, 0) is 25.5 Å². The maximum atomic E-state index is 8.56. The van der Waals surface area contributed by atoms with Gasteiger partial charge in [0.25, 0.3) is 0 Å². The number of amidine groups is 1. The lowest BCUT2D eigenvalue weighted by atomic mass is 10.2. The van der Waals surface area contributed by atoms with Crippen LogP contribution < -0.4 is 5.73 Å². The molecule has 1 aliphatic heterocycles. The van der Waals surface area contributed by atoms with Crippen molar-refractivity contribution >= 4 is 17.6 Å². The van der Waals surface area contributed by atoms with Gasteiger partial charge >= 0.3 is 0 Å². The topological polar surface area (TPSA) is 67.8 Å². The van der Waals surface area contributed by atoms with Crippen LogP contribution in [0.1, 0.15) is 18.9 Å². The number of benzene rings is 1. The second kappa shape index (κ2) is 5.42. The molecule has 0 amide bonds. The van der Waals surface area contributed by atoms with Crippen LogP contribution in [0.15, 0.2) is 34.3 Å². The van der Waals surface area contributed by atoms with E-state index in [9.17, 15) is 0 Å². The Morgan fingerprint density at radius 1 is 1.47 bits per heavy atom. The molecule has 0 saturated carbocycles. The number of hydrogen-bond acceptors (Lipinski definition) is 4. The maximum absolute atomic E-state index is 8.56. The summed E-state index contributed by atoms with van der Waals surface area (Å²) in [6.07, 6.45) is 1.40. The van der Waals surface area contributed by atoms with Gasteiger partial charge in [0.1, 0.15) is 0 Å². The third-order valence-corrected chi connectivity index (χ3v) is 4.32. The first-order valence-corrected chi connectivity index (χ1v) is 6.45. The Kier molecular flexibility index (Phi) is 3.91. The van der Waals surface area contributed by atoms with Gasteiger partial charge in [0.05, 0.1) is 6.10 Å². The highest BCUT2D eigenvalue weighted by molar-refractivity contribution is 8.00. The van der Waals surface area contributed by atoms with Crippen molar-refractivity contribution in [3.63, 3.8) is 0 Å². The molecule has 1 fully saturated rings. The number of nitrogens with zero attached hydrogens (tertiary/aromatic N) is 1. The average Bonchev–Trinajstić information content (AvgIpc) is 2.75. The summed E-state index contributed by atoms with van der Waals surface area (Å²) in [6.45, 7) is 2.95. The normalized spacial score (nSPS) is 25.1. The summed E-state index contributed by atoms with van der Waals surface area (Å²) in [7, 11) is 0. The zero-order chi connectivity index (χ0) is 12.3. The first-order valence-electron chi connectivity index (χ1n) is 5.57. The smallest absolute Gasteiger partial charge is 0.170 e. The Morgan fingerprint density at radius 3 is 2.71 bits per heavy atom. The molecular formula is C12H16N2O2S. The number of oxime groups is 1. The Morgan fingerprint density at radius 2 is 2.18 bits per heavy atom. The molecule has 2 atom stereocenters. The van der Waals surface area contributed by atoms with Crippen LogP contribution in [-0.2, 0) is 4.74 Å². The standard InChI is InChI=1S/C12H16N2O2S/c1-8-11(6-7-16-8)17-10-4-2-9(3-5-10)12(13)14-15/h2-5,8,11,15H,6-7H2,1H3,(H2,13,14). The quantitative estimate of drug-likeness (QED) is 0.374. The van der Waals surface area contributed by atoms with E-state index in [4.69, 9.17) is 15.7 Å². The highest BCUT2D eigenvalue weighted by Crippen LogP contribution is 2.32. The van der Waals surface area contributed by atoms with Crippen LogP contribution in [0.25, 0.3) is 0 Å². The largest absolute Gasteiger partial charge is 0.409 e. The third-order valence-electron chi connectivity index (χ3n) is 2.85. The summed E-state index contributed by atoms with van der Waals surface area (Å²) < 4.78 is 5.52. The number of rotatable bonds is 3. The summed E-state index contributed by atoms with van der Waals surface area (Å²) in [5, 5.41) is 12.1. The minimum absolute atomic E-state index is 0.138. The molecule has 0 bridgehead atoms. The van der Waals surface area contributed by atoms with E-state index in [0.717, 1.165) is 18.6 Å². The minimum Gasteiger partial charge on any atom is -0.409 e. The van der Waals surface area contributed by atoms with Crippen molar-refractivity contribution in [3.8, 4) is 0 Å². The number of nitrogens with two attached hydrogens (primary N) is 1. The summed E-state index contributed by atoms with van der Waals surface area (Å²) in [5.74, 6) is 0.138. The second-order valence-corrected chi connectivity index (χ2v) is 5.34. The predicted octanol–water partition coefficient (Wildman–Crippen LogP) is 2.05. The lowest BCUT2D eigenvalue weighted by molar-refractivity contribution is 0.127. The van der Waals surface area contributed by atoms with Crippen molar-refractivity contribution in [2.45, 2.75) is 29.6 Å². The summed E-state index contributed by atoms with van der Waals surface area (Å²) in [5.41, 5.74) is 6.23. The summed E-state index contributed by atoms with van der Waals surface area (Å²) in [4.78, 5) is 1.18. The molecule has 1 aromatic rings. The van der Waals surface area contributed by atoms with E-state index in [1.807, 2.05) is 36.0 Å². The van der Waals surface area contributed by atoms with E-state index in [0.29, 0.717) is 11.4 Å². The first kappa shape index (κ1) is 12.3. The minimum atomic E-state index is 0.138. The SMILES string of the molecule is CC1OCCC1Sc1ccc(/C(N)=N/O)cc1. The molecule has 4 nitrogen and oxygen atoms in total. The summed E-state index contributed by atoms with van der Waals surface area (Å²) in [6, 6.07) is 7.70. The predicted molar refractivity (Wildman–Crippen MR) is 68.6 cm³/mol. The Hall–Kier alpha value is -1.20. The summed E-state index contributed by atoms with van der Waals surface area (Å²) >= 11 is 1.82. The highest BCUT2D eigenvalue weighted by atomic mass is 32.2. The zero-order valence-electron chi connectivity index (χ0n) is 9.67. The highest BCUT2D eigenvalue weighted by Gasteiger charge is 2.24. The number of hydrogen-bond donors (Lipinski definition) is 2. The molecule has 1 aliphatic rings. The van der Waals surface area contributed by atoms with Gasteiger partial charge in [0, 0.05) is 22.3 Å². The van der Waals surface area contributed by atoms with Crippen molar-refractivity contribution in [1.29, 1.82) is 0 Å². The molecule has 0 aliphatic carbocycles. The van der Waals surface area contributed by atoms with Crippen LogP contribution in [0.3, 0.4) is 0 Å². The molecular weight excluding hydrogens is 236 g/mol. The molecule has 5 heteroatoms. The number of ether oxygens (including phenoxy) is 1.